The van der Waals surface area contributed by atoms with Crippen molar-refractivity contribution in [3.63, 3.8) is 0 Å². The number of thiazole rings is 1. The largest absolute Gasteiger partial charge is 0.375 e. The number of piperidine rings is 1. The maximum atomic E-state index is 5.77. The van der Waals surface area contributed by atoms with E-state index in [1.165, 1.54) is 42.6 Å². The molecule has 2 N–H and O–H groups in total. The quantitative estimate of drug-likeness (QED) is 0.932. The number of anilines is 1. The van der Waals surface area contributed by atoms with E-state index in [1.54, 1.807) is 11.3 Å². The Morgan fingerprint density at radius 2 is 2.10 bits per heavy atom. The highest BCUT2D eigenvalue weighted by Gasteiger charge is 2.28. The number of nitrogens with zero attached hydrogens (tertiary/aromatic N) is 2. The van der Waals surface area contributed by atoms with Crippen LogP contribution in [0.1, 0.15) is 38.7 Å². The van der Waals surface area contributed by atoms with Gasteiger partial charge in [0.25, 0.3) is 0 Å². The molecule has 0 saturated carbocycles. The van der Waals surface area contributed by atoms with E-state index in [1.807, 2.05) is 0 Å². The topological polar surface area (TPSA) is 42.2 Å². The summed E-state index contributed by atoms with van der Waals surface area (Å²) in [7, 11) is 0. The van der Waals surface area contributed by atoms with Gasteiger partial charge < -0.3 is 5.73 Å². The Labute approximate surface area is 124 Å². The van der Waals surface area contributed by atoms with Crippen LogP contribution in [0.5, 0.6) is 0 Å². The Hall–Kier alpha value is -1.13. The molecule has 1 aromatic heterocycles. The molecular weight excluding hydrogens is 266 g/mol. The van der Waals surface area contributed by atoms with Gasteiger partial charge in [-0.3, -0.25) is 4.90 Å². The van der Waals surface area contributed by atoms with Gasteiger partial charge in [0.15, 0.2) is 5.13 Å². The van der Waals surface area contributed by atoms with E-state index in [9.17, 15) is 0 Å². The van der Waals surface area contributed by atoms with Gasteiger partial charge in [-0.2, -0.15) is 0 Å². The second-order valence-electron chi connectivity index (χ2n) is 6.29. The second kappa shape index (κ2) is 5.34. The van der Waals surface area contributed by atoms with Crippen molar-refractivity contribution < 1.29 is 0 Å². The zero-order valence-electron chi connectivity index (χ0n) is 12.4. The smallest absolute Gasteiger partial charge is 0.181 e. The van der Waals surface area contributed by atoms with Crippen molar-refractivity contribution in [3.05, 3.63) is 23.8 Å². The Bertz CT molecular complexity index is 597. The third-order valence-electron chi connectivity index (χ3n) is 4.79. The summed E-state index contributed by atoms with van der Waals surface area (Å²) in [5, 5.41) is 0.661. The van der Waals surface area contributed by atoms with Crippen LogP contribution in [0.4, 0.5) is 5.13 Å². The summed E-state index contributed by atoms with van der Waals surface area (Å²) in [5.41, 5.74) is 8.73. The zero-order valence-corrected chi connectivity index (χ0v) is 13.2. The standard InChI is InChI=1S/C16H23N3S/c1-3-16(2)6-8-19(9-7-16)11-12-4-5-13-14(10-12)20-15(17)18-13/h4-5,10H,3,6-9,11H2,1-2H3,(H2,17,18). The maximum Gasteiger partial charge on any atom is 0.181 e. The minimum atomic E-state index is 0.562. The van der Waals surface area contributed by atoms with Gasteiger partial charge in [-0.25, -0.2) is 4.98 Å². The summed E-state index contributed by atoms with van der Waals surface area (Å²) in [6, 6.07) is 6.53. The normalized spacial score (nSPS) is 19.5. The lowest BCUT2D eigenvalue weighted by molar-refractivity contribution is 0.110. The molecular formula is C16H23N3S. The molecule has 1 saturated heterocycles. The predicted molar refractivity (Wildman–Crippen MR) is 86.9 cm³/mol. The van der Waals surface area contributed by atoms with Gasteiger partial charge in [-0.15, -0.1) is 0 Å². The molecule has 2 aromatic rings. The highest BCUT2D eigenvalue weighted by atomic mass is 32.1. The summed E-state index contributed by atoms with van der Waals surface area (Å²) in [6.07, 6.45) is 3.94. The van der Waals surface area contributed by atoms with Crippen LogP contribution >= 0.6 is 11.3 Å². The van der Waals surface area contributed by atoms with Crippen molar-refractivity contribution in [2.24, 2.45) is 5.41 Å². The van der Waals surface area contributed by atoms with Crippen molar-refractivity contribution in [1.82, 2.24) is 9.88 Å². The number of likely N-dealkylation sites (tertiary alicyclic amines) is 1. The van der Waals surface area contributed by atoms with Crippen LogP contribution in [0.15, 0.2) is 18.2 Å². The number of rotatable bonds is 3. The Morgan fingerprint density at radius 3 is 2.80 bits per heavy atom. The fourth-order valence-corrected chi connectivity index (χ4v) is 3.75. The summed E-state index contributed by atoms with van der Waals surface area (Å²) in [4.78, 5) is 6.89. The van der Waals surface area contributed by atoms with E-state index < -0.39 is 0 Å². The lowest BCUT2D eigenvalue weighted by Crippen LogP contribution is -2.37. The number of fused-ring (bicyclic) bond motifs is 1. The van der Waals surface area contributed by atoms with Gasteiger partial charge in [-0.1, -0.05) is 37.7 Å². The van der Waals surface area contributed by atoms with Crippen LogP contribution in [-0.2, 0) is 6.54 Å². The molecule has 0 radical (unpaired) electrons. The monoisotopic (exact) mass is 289 g/mol. The molecule has 1 aliphatic rings. The van der Waals surface area contributed by atoms with E-state index in [4.69, 9.17) is 5.73 Å². The molecule has 0 amide bonds. The minimum Gasteiger partial charge on any atom is -0.375 e. The average molecular weight is 289 g/mol. The van der Waals surface area contributed by atoms with Crippen molar-refractivity contribution in [2.75, 3.05) is 18.8 Å². The van der Waals surface area contributed by atoms with Crippen LogP contribution in [0.3, 0.4) is 0 Å². The average Bonchev–Trinajstić information content (AvgIpc) is 2.81. The molecule has 2 heterocycles. The second-order valence-corrected chi connectivity index (χ2v) is 7.36. The first kappa shape index (κ1) is 13.8. The molecule has 0 unspecified atom stereocenters. The number of aromatic nitrogens is 1. The van der Waals surface area contributed by atoms with Crippen LogP contribution in [0.25, 0.3) is 10.2 Å². The van der Waals surface area contributed by atoms with Crippen molar-refractivity contribution >= 4 is 26.7 Å². The van der Waals surface area contributed by atoms with Gasteiger partial charge in [0, 0.05) is 6.54 Å². The fourth-order valence-electron chi connectivity index (χ4n) is 2.95. The van der Waals surface area contributed by atoms with Gasteiger partial charge in [0.05, 0.1) is 10.2 Å². The predicted octanol–water partition coefficient (Wildman–Crippen LogP) is 3.89. The van der Waals surface area contributed by atoms with Gasteiger partial charge >= 0.3 is 0 Å². The molecule has 108 valence electrons. The Morgan fingerprint density at radius 1 is 1.35 bits per heavy atom. The number of benzene rings is 1. The molecule has 0 aliphatic carbocycles. The van der Waals surface area contributed by atoms with Gasteiger partial charge in [0.1, 0.15) is 0 Å². The molecule has 1 aliphatic heterocycles. The molecule has 1 aromatic carbocycles. The summed E-state index contributed by atoms with van der Waals surface area (Å²) < 4.78 is 1.20. The Balaban J connectivity index is 1.68. The van der Waals surface area contributed by atoms with Crippen molar-refractivity contribution in [3.8, 4) is 0 Å². The zero-order chi connectivity index (χ0) is 14.2. The first-order chi connectivity index (χ1) is 9.58. The van der Waals surface area contributed by atoms with Crippen LogP contribution in [0, 0.1) is 5.41 Å². The fraction of sp³-hybridized carbons (Fsp3) is 0.562. The summed E-state index contributed by atoms with van der Waals surface area (Å²) in [5.74, 6) is 0. The van der Waals surface area contributed by atoms with Gasteiger partial charge in [-0.05, 0) is 49.0 Å². The highest BCUT2D eigenvalue weighted by Crippen LogP contribution is 2.34. The molecule has 0 bridgehead atoms. The van der Waals surface area contributed by atoms with E-state index in [2.05, 4.69) is 41.9 Å². The van der Waals surface area contributed by atoms with E-state index in [0.717, 1.165) is 12.1 Å². The third kappa shape index (κ3) is 2.81. The Kier molecular flexibility index (Phi) is 3.69. The molecule has 3 nitrogen and oxygen atoms in total. The molecule has 0 spiro atoms. The number of nitrogen functional groups attached to an aromatic ring is 1. The third-order valence-corrected chi connectivity index (χ3v) is 5.64. The number of hydrogen-bond donors (Lipinski definition) is 1. The molecule has 4 heteroatoms. The van der Waals surface area contributed by atoms with E-state index in [-0.39, 0.29) is 0 Å². The van der Waals surface area contributed by atoms with Crippen molar-refractivity contribution in [2.45, 2.75) is 39.7 Å². The first-order valence-electron chi connectivity index (χ1n) is 7.45. The van der Waals surface area contributed by atoms with Crippen LogP contribution in [-0.4, -0.2) is 23.0 Å². The first-order valence-corrected chi connectivity index (χ1v) is 8.27. The lowest BCUT2D eigenvalue weighted by Gasteiger charge is -2.39. The summed E-state index contributed by atoms with van der Waals surface area (Å²) in [6.45, 7) is 8.22. The maximum absolute atomic E-state index is 5.77. The molecule has 20 heavy (non-hydrogen) atoms. The van der Waals surface area contributed by atoms with E-state index >= 15 is 0 Å². The lowest BCUT2D eigenvalue weighted by atomic mass is 9.78. The molecule has 0 atom stereocenters. The van der Waals surface area contributed by atoms with Gasteiger partial charge in [0.2, 0.25) is 0 Å². The highest BCUT2D eigenvalue weighted by molar-refractivity contribution is 7.22. The van der Waals surface area contributed by atoms with Crippen molar-refractivity contribution in [1.29, 1.82) is 0 Å². The minimum absolute atomic E-state index is 0.562. The van der Waals surface area contributed by atoms with Crippen LogP contribution in [0.2, 0.25) is 0 Å². The number of hydrogen-bond acceptors (Lipinski definition) is 4. The number of nitrogens with two attached hydrogens (primary N) is 1. The van der Waals surface area contributed by atoms with Crippen LogP contribution < -0.4 is 5.73 Å². The molecule has 1 fully saturated rings. The summed E-state index contributed by atoms with van der Waals surface area (Å²) >= 11 is 1.58. The molecule has 3 rings (SSSR count). The van der Waals surface area contributed by atoms with E-state index in [0.29, 0.717) is 10.5 Å². The SMILES string of the molecule is CCC1(C)CCN(Cc2ccc3nc(N)sc3c2)CC1.